The number of fused-ring (bicyclic) bond motifs is 2. The van der Waals surface area contributed by atoms with Gasteiger partial charge < -0.3 is 0 Å². The molecule has 3 aliphatic carbocycles. The lowest BCUT2D eigenvalue weighted by Crippen LogP contribution is -2.30. The van der Waals surface area contributed by atoms with Crippen LogP contribution in [0.25, 0.3) is 0 Å². The molecule has 0 bridgehead atoms. The van der Waals surface area contributed by atoms with E-state index in [1.54, 1.807) is 16.7 Å². The van der Waals surface area contributed by atoms with Crippen molar-refractivity contribution in [3.05, 3.63) is 47.3 Å². The minimum absolute atomic E-state index is 0.496. The van der Waals surface area contributed by atoms with Crippen LogP contribution >= 0.6 is 0 Å². The summed E-state index contributed by atoms with van der Waals surface area (Å²) in [5.41, 5.74) is 4.93. The maximum absolute atomic E-state index is 12.6. The average molecular weight is 411 g/mol. The van der Waals surface area contributed by atoms with Gasteiger partial charge in [-0.1, -0.05) is 69.7 Å². The Morgan fingerprint density at radius 2 is 1.73 bits per heavy atom. The van der Waals surface area contributed by atoms with Crippen molar-refractivity contribution >= 4 is 0 Å². The predicted molar refractivity (Wildman–Crippen MR) is 126 cm³/mol. The first-order valence-corrected chi connectivity index (χ1v) is 13.1. The Balaban J connectivity index is 1.29. The zero-order valence-corrected chi connectivity index (χ0v) is 19.3. The molecule has 0 amide bonds. The van der Waals surface area contributed by atoms with E-state index in [0.29, 0.717) is 5.92 Å². The van der Waals surface area contributed by atoms with Crippen LogP contribution < -0.4 is 0 Å². The summed E-state index contributed by atoms with van der Waals surface area (Å²) in [5.74, 6) is 3.90. The first-order chi connectivity index (χ1) is 14.8. The molecule has 1 aromatic rings. The largest absolute Gasteiger partial charge is 0.216 e. The summed E-state index contributed by atoms with van der Waals surface area (Å²) >= 11 is 0. The van der Waals surface area contributed by atoms with Crippen LogP contribution in [0.1, 0.15) is 113 Å². The first kappa shape index (κ1) is 22.1. The normalized spacial score (nSPS) is 31.5. The highest BCUT2D eigenvalue weighted by Crippen LogP contribution is 2.48. The van der Waals surface area contributed by atoms with E-state index in [4.69, 9.17) is 0 Å². The molecule has 2 saturated carbocycles. The fraction of sp³-hybridized carbons (Fsp3) is 0.724. The van der Waals surface area contributed by atoms with Crippen LogP contribution in [0.2, 0.25) is 0 Å². The standard InChI is InChI=1S/C29H43F/c1-2-3-4-5-6-7-22-8-10-26-20-28(14-12-24(26)18-22)29-15-13-25-19-23(16-17-30)9-11-27(25)21-29/h12,14,16-17,20,22-23,25,27,29H,2-11,13,15,18-19,21H2,1H3/b17-16+. The molecule has 0 nitrogen and oxygen atoms in total. The Labute approximate surface area is 184 Å². The smallest absolute Gasteiger partial charge is 0.0829 e. The summed E-state index contributed by atoms with van der Waals surface area (Å²) < 4.78 is 12.6. The second-order valence-corrected chi connectivity index (χ2v) is 10.8. The number of halogens is 1. The minimum atomic E-state index is 0.496. The molecule has 0 aromatic heterocycles. The molecule has 0 aliphatic heterocycles. The van der Waals surface area contributed by atoms with Crippen molar-refractivity contribution < 1.29 is 4.39 Å². The van der Waals surface area contributed by atoms with Gasteiger partial charge in [0.05, 0.1) is 6.33 Å². The van der Waals surface area contributed by atoms with Gasteiger partial charge in [0, 0.05) is 0 Å². The lowest BCUT2D eigenvalue weighted by molar-refractivity contribution is 0.133. The molecule has 0 radical (unpaired) electrons. The number of hydrogen-bond donors (Lipinski definition) is 0. The topological polar surface area (TPSA) is 0 Å². The number of aryl methyl sites for hydroxylation is 1. The maximum atomic E-state index is 12.6. The van der Waals surface area contributed by atoms with E-state index in [1.165, 1.54) is 96.3 Å². The number of hydrogen-bond acceptors (Lipinski definition) is 0. The van der Waals surface area contributed by atoms with Gasteiger partial charge in [-0.05, 0) is 104 Å². The van der Waals surface area contributed by atoms with E-state index in [2.05, 4.69) is 25.1 Å². The molecule has 3 aliphatic rings. The number of benzene rings is 1. The Kier molecular flexibility index (Phi) is 8.07. The quantitative estimate of drug-likeness (QED) is 0.375. The summed E-state index contributed by atoms with van der Waals surface area (Å²) in [6.45, 7) is 2.30. The second-order valence-electron chi connectivity index (χ2n) is 10.8. The highest BCUT2D eigenvalue weighted by atomic mass is 19.1. The van der Waals surface area contributed by atoms with Crippen molar-refractivity contribution in [1.82, 2.24) is 0 Å². The van der Waals surface area contributed by atoms with Crippen LogP contribution in [0.3, 0.4) is 0 Å². The molecular weight excluding hydrogens is 367 g/mol. The van der Waals surface area contributed by atoms with Crippen molar-refractivity contribution in [3.63, 3.8) is 0 Å². The Hall–Kier alpha value is -1.11. The molecular formula is C29H43F. The van der Waals surface area contributed by atoms with Crippen LogP contribution in [-0.4, -0.2) is 0 Å². The third-order valence-electron chi connectivity index (χ3n) is 8.75. The van der Waals surface area contributed by atoms with E-state index in [1.807, 2.05) is 6.08 Å². The molecule has 0 N–H and O–H groups in total. The molecule has 4 rings (SSSR count). The number of unbranched alkanes of at least 4 members (excludes halogenated alkanes) is 4. The van der Waals surface area contributed by atoms with E-state index >= 15 is 0 Å². The van der Waals surface area contributed by atoms with Gasteiger partial charge in [0.25, 0.3) is 0 Å². The zero-order valence-electron chi connectivity index (χ0n) is 19.3. The maximum Gasteiger partial charge on any atom is 0.0829 e. The Bertz CT molecular complexity index is 690. The second kappa shape index (κ2) is 11.0. The molecule has 0 spiro atoms. The summed E-state index contributed by atoms with van der Waals surface area (Å²) in [4.78, 5) is 0. The van der Waals surface area contributed by atoms with E-state index in [0.717, 1.165) is 30.0 Å². The third-order valence-corrected chi connectivity index (χ3v) is 8.75. The summed E-state index contributed by atoms with van der Waals surface area (Å²) in [6, 6.07) is 7.56. The molecule has 166 valence electrons. The SMILES string of the molecule is CCCCCCCC1CCc2cc(C3CCC4CC(/C=C/F)CCC4C3)ccc2C1. The van der Waals surface area contributed by atoms with Crippen LogP contribution in [0.4, 0.5) is 4.39 Å². The van der Waals surface area contributed by atoms with Crippen LogP contribution in [0.15, 0.2) is 30.6 Å². The molecule has 1 aromatic carbocycles. The van der Waals surface area contributed by atoms with Crippen molar-refractivity contribution in [3.8, 4) is 0 Å². The van der Waals surface area contributed by atoms with Gasteiger partial charge >= 0.3 is 0 Å². The lowest BCUT2D eigenvalue weighted by Gasteiger charge is -2.42. The molecule has 30 heavy (non-hydrogen) atoms. The van der Waals surface area contributed by atoms with E-state index < -0.39 is 0 Å². The van der Waals surface area contributed by atoms with E-state index in [9.17, 15) is 4.39 Å². The monoisotopic (exact) mass is 410 g/mol. The van der Waals surface area contributed by atoms with Crippen molar-refractivity contribution in [2.75, 3.05) is 0 Å². The van der Waals surface area contributed by atoms with Gasteiger partial charge in [0.15, 0.2) is 0 Å². The van der Waals surface area contributed by atoms with Crippen LogP contribution in [0.5, 0.6) is 0 Å². The molecule has 2 fully saturated rings. The molecule has 5 unspecified atom stereocenters. The van der Waals surface area contributed by atoms with Gasteiger partial charge in [0.2, 0.25) is 0 Å². The van der Waals surface area contributed by atoms with Gasteiger partial charge in [0.1, 0.15) is 0 Å². The Morgan fingerprint density at radius 3 is 2.60 bits per heavy atom. The van der Waals surface area contributed by atoms with Crippen molar-refractivity contribution in [2.45, 2.75) is 109 Å². The number of allylic oxidation sites excluding steroid dienone is 1. The van der Waals surface area contributed by atoms with Crippen LogP contribution in [0, 0.1) is 23.7 Å². The molecule has 0 heterocycles. The minimum Gasteiger partial charge on any atom is -0.216 e. The Morgan fingerprint density at radius 1 is 0.900 bits per heavy atom. The van der Waals surface area contributed by atoms with Crippen molar-refractivity contribution in [1.29, 1.82) is 0 Å². The summed E-state index contributed by atoms with van der Waals surface area (Å²) in [7, 11) is 0. The number of rotatable bonds is 8. The van der Waals surface area contributed by atoms with Gasteiger partial charge in [-0.15, -0.1) is 0 Å². The third kappa shape index (κ3) is 5.57. The lowest BCUT2D eigenvalue weighted by atomic mass is 9.63. The highest BCUT2D eigenvalue weighted by molar-refractivity contribution is 5.36. The molecule has 1 heteroatoms. The summed E-state index contributed by atoms with van der Waals surface area (Å²) in [5, 5.41) is 0. The summed E-state index contributed by atoms with van der Waals surface area (Å²) in [6.07, 6.45) is 22.9. The van der Waals surface area contributed by atoms with E-state index in [-0.39, 0.29) is 0 Å². The fourth-order valence-corrected chi connectivity index (χ4v) is 6.89. The average Bonchev–Trinajstić information content (AvgIpc) is 2.78. The fourth-order valence-electron chi connectivity index (χ4n) is 6.89. The molecule has 5 atom stereocenters. The van der Waals surface area contributed by atoms with Gasteiger partial charge in [-0.2, -0.15) is 0 Å². The zero-order chi connectivity index (χ0) is 20.8. The van der Waals surface area contributed by atoms with Crippen LogP contribution in [-0.2, 0) is 12.8 Å². The first-order valence-electron chi connectivity index (χ1n) is 13.1. The molecule has 0 saturated heterocycles. The predicted octanol–water partition coefficient (Wildman–Crippen LogP) is 8.94. The van der Waals surface area contributed by atoms with Crippen molar-refractivity contribution in [2.24, 2.45) is 23.7 Å². The highest BCUT2D eigenvalue weighted by Gasteiger charge is 2.35. The van der Waals surface area contributed by atoms with Gasteiger partial charge in [-0.25, -0.2) is 4.39 Å². The van der Waals surface area contributed by atoms with Gasteiger partial charge in [-0.3, -0.25) is 0 Å².